The molecule has 2 atom stereocenters. The molecule has 0 radical (unpaired) electrons. The largest absolute Gasteiger partial charge is 0.331 e. The van der Waals surface area contributed by atoms with Gasteiger partial charge in [-0.3, -0.25) is 0 Å². The van der Waals surface area contributed by atoms with Crippen LogP contribution in [-0.4, -0.2) is 5.66 Å². The Hall–Kier alpha value is 0.924. The first kappa shape index (κ1) is 11.7. The Labute approximate surface area is 64.9 Å². The number of hydrogen-bond donors (Lipinski definition) is 0. The van der Waals surface area contributed by atoms with E-state index in [1.807, 2.05) is 0 Å². The molecule has 0 aromatic carbocycles. The van der Waals surface area contributed by atoms with Crippen molar-refractivity contribution >= 4 is 9.24 Å². The van der Waals surface area contributed by atoms with Crippen molar-refractivity contribution in [3.8, 4) is 0 Å². The second-order valence-electron chi connectivity index (χ2n) is 1.96. The van der Waals surface area contributed by atoms with Crippen molar-refractivity contribution in [3.05, 3.63) is 6.42 Å². The zero-order chi connectivity index (χ0) is 5.70. The van der Waals surface area contributed by atoms with E-state index in [9.17, 15) is 0 Å². The van der Waals surface area contributed by atoms with Crippen LogP contribution in [0, 0.1) is 6.42 Å². The molecule has 0 N–H and O–H groups in total. The first-order valence-corrected chi connectivity index (χ1v) is 3.47. The Morgan fingerprint density at radius 1 is 1.62 bits per heavy atom. The number of rotatable bonds is 3. The maximum Gasteiger partial charge on any atom is 0 e. The predicted molar refractivity (Wildman–Crippen MR) is 38.4 cm³/mol. The van der Waals surface area contributed by atoms with Gasteiger partial charge in [-0.2, -0.15) is 13.3 Å². The molecule has 0 amide bonds. The maximum absolute atomic E-state index is 2.79. The van der Waals surface area contributed by atoms with Crippen molar-refractivity contribution < 1.29 is 16.5 Å². The van der Waals surface area contributed by atoms with E-state index in [2.05, 4.69) is 29.5 Å². The summed E-state index contributed by atoms with van der Waals surface area (Å²) in [6.45, 7) is 4.32. The molecule has 54 valence electrons. The van der Waals surface area contributed by atoms with Gasteiger partial charge in [0.05, 0.1) is 0 Å². The maximum atomic E-state index is 2.79. The summed E-state index contributed by atoms with van der Waals surface area (Å²) in [5, 5.41) is 0. The SMILES string of the molecule is C[CH-]CCC(C)P.[Ni]. The molecule has 0 aliphatic heterocycles. The fourth-order valence-corrected chi connectivity index (χ4v) is 0.622. The fraction of sp³-hybridized carbons (Fsp3) is 0.833. The zero-order valence-electron chi connectivity index (χ0n) is 5.46. The molecule has 2 heteroatoms. The standard InChI is InChI=1S/C6H14P.Ni/c1-3-4-5-6(2)7;/h3,6H,4-5,7H2,1-2H3;/q-1;. The minimum absolute atomic E-state index is 0. The van der Waals surface area contributed by atoms with Gasteiger partial charge in [0.25, 0.3) is 0 Å². The molecule has 0 saturated heterocycles. The molecular weight excluding hydrogens is 162 g/mol. The quantitative estimate of drug-likeness (QED) is 0.351. The van der Waals surface area contributed by atoms with Gasteiger partial charge in [-0.05, 0) is 5.66 Å². The van der Waals surface area contributed by atoms with Gasteiger partial charge in [-0.1, -0.05) is 13.3 Å². The molecule has 0 spiro atoms. The van der Waals surface area contributed by atoms with E-state index in [0.717, 1.165) is 5.66 Å². The molecule has 0 heterocycles. The van der Waals surface area contributed by atoms with Crippen LogP contribution in [0.2, 0.25) is 0 Å². The van der Waals surface area contributed by atoms with Gasteiger partial charge in [-0.15, -0.1) is 9.24 Å². The van der Waals surface area contributed by atoms with Crippen LogP contribution in [0.15, 0.2) is 0 Å². The van der Waals surface area contributed by atoms with Crippen molar-refractivity contribution in [3.63, 3.8) is 0 Å². The van der Waals surface area contributed by atoms with Crippen molar-refractivity contribution in [2.24, 2.45) is 0 Å². The summed E-state index contributed by atoms with van der Waals surface area (Å²) in [5.41, 5.74) is 0.788. The smallest absolute Gasteiger partial charge is 0 e. The zero-order valence-corrected chi connectivity index (χ0v) is 7.60. The summed E-state index contributed by atoms with van der Waals surface area (Å²) < 4.78 is 0. The van der Waals surface area contributed by atoms with Crippen molar-refractivity contribution in [2.45, 2.75) is 32.3 Å². The Morgan fingerprint density at radius 3 is 2.25 bits per heavy atom. The third-order valence-electron chi connectivity index (χ3n) is 0.911. The summed E-state index contributed by atoms with van der Waals surface area (Å²) in [5.74, 6) is 0. The predicted octanol–water partition coefficient (Wildman–Crippen LogP) is 2.25. The third-order valence-corrected chi connectivity index (χ3v) is 1.24. The van der Waals surface area contributed by atoms with Crippen LogP contribution in [0.1, 0.15) is 26.7 Å². The van der Waals surface area contributed by atoms with E-state index in [4.69, 9.17) is 0 Å². The molecule has 0 aliphatic rings. The van der Waals surface area contributed by atoms with Gasteiger partial charge in [-0.25, -0.2) is 0 Å². The monoisotopic (exact) mass is 175 g/mol. The molecule has 0 rings (SSSR count). The third kappa shape index (κ3) is 10.0. The molecule has 0 aromatic heterocycles. The van der Waals surface area contributed by atoms with E-state index in [1.165, 1.54) is 12.8 Å². The van der Waals surface area contributed by atoms with Crippen LogP contribution in [0.4, 0.5) is 0 Å². The summed E-state index contributed by atoms with van der Waals surface area (Å²) >= 11 is 0. The van der Waals surface area contributed by atoms with Gasteiger partial charge in [0, 0.05) is 16.5 Å². The van der Waals surface area contributed by atoms with Gasteiger partial charge < -0.3 is 6.42 Å². The van der Waals surface area contributed by atoms with E-state index >= 15 is 0 Å². The molecule has 0 saturated carbocycles. The van der Waals surface area contributed by atoms with Gasteiger partial charge in [0.1, 0.15) is 0 Å². The van der Waals surface area contributed by atoms with E-state index in [-0.39, 0.29) is 16.5 Å². The molecule has 2 unspecified atom stereocenters. The van der Waals surface area contributed by atoms with Crippen LogP contribution >= 0.6 is 9.24 Å². The normalized spacial score (nSPS) is 12.4. The molecule has 0 fully saturated rings. The van der Waals surface area contributed by atoms with Crippen LogP contribution in [0.5, 0.6) is 0 Å². The van der Waals surface area contributed by atoms with Gasteiger partial charge in [0.15, 0.2) is 0 Å². The van der Waals surface area contributed by atoms with Gasteiger partial charge in [0.2, 0.25) is 0 Å². The first-order chi connectivity index (χ1) is 3.27. The van der Waals surface area contributed by atoms with Crippen LogP contribution in [0.3, 0.4) is 0 Å². The van der Waals surface area contributed by atoms with Crippen LogP contribution < -0.4 is 0 Å². The Bertz CT molecular complexity index is 37.5. The van der Waals surface area contributed by atoms with Crippen molar-refractivity contribution in [1.29, 1.82) is 0 Å². The first-order valence-electron chi connectivity index (χ1n) is 2.80. The summed E-state index contributed by atoms with van der Waals surface area (Å²) in [6, 6.07) is 0. The molecule has 0 nitrogen and oxygen atoms in total. The topological polar surface area (TPSA) is 0 Å². The number of unbranched alkanes of at least 4 members (excludes halogenated alkanes) is 1. The molecular formula is C6H14NiP-. The van der Waals surface area contributed by atoms with Gasteiger partial charge >= 0.3 is 0 Å². The van der Waals surface area contributed by atoms with Crippen molar-refractivity contribution in [1.82, 2.24) is 0 Å². The molecule has 0 aromatic rings. The number of hydrogen-bond acceptors (Lipinski definition) is 0. The summed E-state index contributed by atoms with van der Waals surface area (Å²) in [7, 11) is 2.79. The Morgan fingerprint density at radius 2 is 2.12 bits per heavy atom. The molecule has 0 aliphatic carbocycles. The summed E-state index contributed by atoms with van der Waals surface area (Å²) in [4.78, 5) is 0. The average molecular weight is 176 g/mol. The van der Waals surface area contributed by atoms with Crippen LogP contribution in [0.25, 0.3) is 0 Å². The fourth-order valence-electron chi connectivity index (χ4n) is 0.430. The van der Waals surface area contributed by atoms with E-state index in [0.29, 0.717) is 0 Å². The second-order valence-corrected chi connectivity index (χ2v) is 3.10. The average Bonchev–Trinajstić information content (AvgIpc) is 1.61. The summed E-state index contributed by atoms with van der Waals surface area (Å²) in [6.07, 6.45) is 4.77. The van der Waals surface area contributed by atoms with Crippen molar-refractivity contribution in [2.75, 3.05) is 0 Å². The minimum atomic E-state index is 0. The molecule has 8 heavy (non-hydrogen) atoms. The minimum Gasteiger partial charge on any atom is -0.331 e. The Kier molecular flexibility index (Phi) is 11.6. The molecule has 0 bridgehead atoms. The van der Waals surface area contributed by atoms with E-state index < -0.39 is 0 Å². The Balaban J connectivity index is 0. The second kappa shape index (κ2) is 7.92. The van der Waals surface area contributed by atoms with E-state index in [1.54, 1.807) is 0 Å². The van der Waals surface area contributed by atoms with Crippen LogP contribution in [-0.2, 0) is 16.5 Å².